The van der Waals surface area contributed by atoms with Crippen LogP contribution in [0, 0.1) is 0 Å². The first kappa shape index (κ1) is 20.8. The standard InChI is InChI=1S/C20H27N3O3S/c1-21-20(22-11-12-27(24)15-16-7-5-4-6-8-16)23-14-17-9-10-18(25-2)13-19(17)26-3/h4-10,13H,11-12,14-15H2,1-3H3,(H2,21,22,23). The molecule has 0 spiro atoms. The SMILES string of the molecule is CN=C(NCCS(=O)Cc1ccccc1)NCc1ccc(OC)cc1OC. The first-order chi connectivity index (χ1) is 13.2. The first-order valence-electron chi connectivity index (χ1n) is 8.70. The van der Waals surface area contributed by atoms with Crippen molar-refractivity contribution in [3.05, 3.63) is 59.7 Å². The third-order valence-electron chi connectivity index (χ3n) is 3.96. The molecule has 0 aliphatic rings. The van der Waals surface area contributed by atoms with Gasteiger partial charge in [-0.1, -0.05) is 30.3 Å². The van der Waals surface area contributed by atoms with E-state index in [1.54, 1.807) is 21.3 Å². The van der Waals surface area contributed by atoms with Crippen molar-refractivity contribution < 1.29 is 13.7 Å². The third-order valence-corrected chi connectivity index (χ3v) is 5.27. The molecule has 1 unspecified atom stereocenters. The van der Waals surface area contributed by atoms with Crippen LogP contribution in [0.1, 0.15) is 11.1 Å². The Morgan fingerprint density at radius 1 is 1.07 bits per heavy atom. The van der Waals surface area contributed by atoms with E-state index < -0.39 is 10.8 Å². The molecular formula is C20H27N3O3S. The van der Waals surface area contributed by atoms with Gasteiger partial charge in [-0.05, 0) is 17.7 Å². The van der Waals surface area contributed by atoms with Crippen LogP contribution in [-0.4, -0.2) is 43.7 Å². The second kappa shape index (κ2) is 11.2. The third kappa shape index (κ3) is 6.94. The molecule has 6 nitrogen and oxygen atoms in total. The predicted octanol–water partition coefficient (Wildman–Crippen LogP) is 2.32. The molecule has 146 valence electrons. The van der Waals surface area contributed by atoms with Crippen molar-refractivity contribution in [1.82, 2.24) is 10.6 Å². The number of hydrogen-bond acceptors (Lipinski definition) is 4. The quantitative estimate of drug-likeness (QED) is 0.509. The van der Waals surface area contributed by atoms with Gasteiger partial charge in [0, 0.05) is 54.1 Å². The number of ether oxygens (including phenoxy) is 2. The van der Waals surface area contributed by atoms with Crippen molar-refractivity contribution in [2.45, 2.75) is 12.3 Å². The predicted molar refractivity (Wildman–Crippen MR) is 111 cm³/mol. The Kier molecular flexibility index (Phi) is 8.64. The number of guanidine groups is 1. The second-order valence-corrected chi connectivity index (χ2v) is 7.38. The number of methoxy groups -OCH3 is 2. The summed E-state index contributed by atoms with van der Waals surface area (Å²) in [5.41, 5.74) is 2.08. The molecule has 0 radical (unpaired) electrons. The molecule has 0 amide bonds. The molecule has 0 fully saturated rings. The monoisotopic (exact) mass is 389 g/mol. The van der Waals surface area contributed by atoms with E-state index in [1.807, 2.05) is 48.5 Å². The molecule has 0 aromatic heterocycles. The summed E-state index contributed by atoms with van der Waals surface area (Å²) >= 11 is 0. The zero-order chi connectivity index (χ0) is 19.5. The summed E-state index contributed by atoms with van der Waals surface area (Å²) in [5, 5.41) is 6.44. The number of nitrogens with one attached hydrogen (secondary N) is 2. The molecule has 0 saturated carbocycles. The summed E-state index contributed by atoms with van der Waals surface area (Å²) < 4.78 is 22.8. The van der Waals surface area contributed by atoms with Crippen LogP contribution >= 0.6 is 0 Å². The van der Waals surface area contributed by atoms with Gasteiger partial charge in [-0.25, -0.2) is 0 Å². The number of benzene rings is 2. The average Bonchev–Trinajstić information content (AvgIpc) is 2.71. The normalized spacial score (nSPS) is 12.3. The fourth-order valence-electron chi connectivity index (χ4n) is 2.51. The van der Waals surface area contributed by atoms with E-state index in [0.29, 0.717) is 30.6 Å². The highest BCUT2D eigenvalue weighted by atomic mass is 32.2. The van der Waals surface area contributed by atoms with Crippen LogP contribution < -0.4 is 20.1 Å². The van der Waals surface area contributed by atoms with E-state index in [1.165, 1.54) is 0 Å². The van der Waals surface area contributed by atoms with E-state index in [-0.39, 0.29) is 0 Å². The average molecular weight is 390 g/mol. The van der Waals surface area contributed by atoms with Crippen molar-refractivity contribution in [2.24, 2.45) is 4.99 Å². The van der Waals surface area contributed by atoms with Crippen LogP contribution in [0.2, 0.25) is 0 Å². The second-order valence-electron chi connectivity index (χ2n) is 5.80. The lowest BCUT2D eigenvalue weighted by atomic mass is 10.2. The van der Waals surface area contributed by atoms with Crippen molar-refractivity contribution in [1.29, 1.82) is 0 Å². The molecule has 0 aliphatic carbocycles. The lowest BCUT2D eigenvalue weighted by Crippen LogP contribution is -2.38. The maximum absolute atomic E-state index is 12.2. The number of nitrogens with zero attached hydrogens (tertiary/aromatic N) is 1. The molecule has 2 aromatic rings. The Morgan fingerprint density at radius 2 is 1.85 bits per heavy atom. The molecule has 0 saturated heterocycles. The largest absolute Gasteiger partial charge is 0.497 e. The topological polar surface area (TPSA) is 72.0 Å². The minimum absolute atomic E-state index is 0.556. The van der Waals surface area contributed by atoms with Gasteiger partial charge in [-0.15, -0.1) is 0 Å². The number of hydrogen-bond donors (Lipinski definition) is 2. The molecule has 0 heterocycles. The minimum atomic E-state index is -0.917. The summed E-state index contributed by atoms with van der Waals surface area (Å²) in [4.78, 5) is 4.20. The number of aliphatic imine (C=N–C) groups is 1. The van der Waals surface area contributed by atoms with Crippen molar-refractivity contribution in [3.8, 4) is 11.5 Å². The summed E-state index contributed by atoms with van der Waals surface area (Å²) in [5.74, 6) is 3.28. The fraction of sp³-hybridized carbons (Fsp3) is 0.350. The van der Waals surface area contributed by atoms with E-state index in [4.69, 9.17) is 9.47 Å². The van der Waals surface area contributed by atoms with Gasteiger partial charge in [0.05, 0.1) is 14.2 Å². The maximum Gasteiger partial charge on any atom is 0.191 e. The van der Waals surface area contributed by atoms with Gasteiger partial charge in [-0.2, -0.15) is 0 Å². The van der Waals surface area contributed by atoms with E-state index in [0.717, 1.165) is 22.6 Å². The number of rotatable bonds is 9. The maximum atomic E-state index is 12.2. The van der Waals surface area contributed by atoms with Gasteiger partial charge in [0.25, 0.3) is 0 Å². The van der Waals surface area contributed by atoms with Crippen molar-refractivity contribution >= 4 is 16.8 Å². The Labute approximate surface area is 163 Å². The molecule has 1 atom stereocenters. The van der Waals surface area contributed by atoms with Crippen LogP contribution in [0.4, 0.5) is 0 Å². The summed E-state index contributed by atoms with van der Waals surface area (Å²) in [6.07, 6.45) is 0. The summed E-state index contributed by atoms with van der Waals surface area (Å²) in [7, 11) is 4.05. The van der Waals surface area contributed by atoms with E-state index in [2.05, 4.69) is 15.6 Å². The molecule has 0 bridgehead atoms. The van der Waals surface area contributed by atoms with Gasteiger partial charge in [0.2, 0.25) is 0 Å². The van der Waals surface area contributed by atoms with Crippen molar-refractivity contribution in [3.63, 3.8) is 0 Å². The zero-order valence-corrected chi connectivity index (χ0v) is 16.8. The fourth-order valence-corrected chi connectivity index (χ4v) is 3.55. The molecule has 27 heavy (non-hydrogen) atoms. The van der Waals surface area contributed by atoms with Crippen LogP contribution in [0.15, 0.2) is 53.5 Å². The van der Waals surface area contributed by atoms with Crippen LogP contribution in [0.25, 0.3) is 0 Å². The molecule has 0 aliphatic heterocycles. The molecule has 2 aromatic carbocycles. The van der Waals surface area contributed by atoms with E-state index >= 15 is 0 Å². The minimum Gasteiger partial charge on any atom is -0.497 e. The van der Waals surface area contributed by atoms with Crippen LogP contribution in [0.5, 0.6) is 11.5 Å². The highest BCUT2D eigenvalue weighted by Crippen LogP contribution is 2.24. The van der Waals surface area contributed by atoms with Crippen LogP contribution in [0.3, 0.4) is 0 Å². The van der Waals surface area contributed by atoms with Gasteiger partial charge in [0.15, 0.2) is 5.96 Å². The van der Waals surface area contributed by atoms with Crippen molar-refractivity contribution in [2.75, 3.05) is 33.6 Å². The first-order valence-corrected chi connectivity index (χ1v) is 10.2. The highest BCUT2D eigenvalue weighted by molar-refractivity contribution is 7.84. The summed E-state index contributed by atoms with van der Waals surface area (Å²) in [6, 6.07) is 15.6. The smallest absolute Gasteiger partial charge is 0.191 e. The lowest BCUT2D eigenvalue weighted by molar-refractivity contribution is 0.390. The molecule has 2 rings (SSSR count). The molecule has 7 heteroatoms. The van der Waals surface area contributed by atoms with Crippen LogP contribution in [-0.2, 0) is 23.1 Å². The Bertz CT molecular complexity index is 766. The van der Waals surface area contributed by atoms with Gasteiger partial charge >= 0.3 is 0 Å². The van der Waals surface area contributed by atoms with Gasteiger partial charge in [0.1, 0.15) is 11.5 Å². The van der Waals surface area contributed by atoms with Gasteiger partial charge < -0.3 is 20.1 Å². The van der Waals surface area contributed by atoms with Gasteiger partial charge in [-0.3, -0.25) is 9.20 Å². The Hall–Kier alpha value is -2.54. The molecular weight excluding hydrogens is 362 g/mol. The zero-order valence-electron chi connectivity index (χ0n) is 16.0. The van der Waals surface area contributed by atoms with E-state index in [9.17, 15) is 4.21 Å². The highest BCUT2D eigenvalue weighted by Gasteiger charge is 2.07. The summed E-state index contributed by atoms with van der Waals surface area (Å²) in [6.45, 7) is 1.14. The molecule has 2 N–H and O–H groups in total. The Morgan fingerprint density at radius 3 is 2.52 bits per heavy atom. The lowest BCUT2D eigenvalue weighted by Gasteiger charge is -2.14. The Balaban J connectivity index is 1.78.